The summed E-state index contributed by atoms with van der Waals surface area (Å²) in [4.78, 5) is 12.8. The van der Waals surface area contributed by atoms with Crippen LogP contribution in [0.5, 0.6) is 0 Å². The lowest BCUT2D eigenvalue weighted by atomic mass is 10.3. The lowest BCUT2D eigenvalue weighted by molar-refractivity contribution is -0.118. The van der Waals surface area contributed by atoms with Crippen LogP contribution in [0.2, 0.25) is 0 Å². The van der Waals surface area contributed by atoms with Gasteiger partial charge in [-0.3, -0.25) is 4.79 Å². The Hall–Kier alpha value is -0.610. The van der Waals surface area contributed by atoms with Crippen molar-refractivity contribution in [1.82, 2.24) is 10.2 Å². The number of carbonyl (C=O) groups is 1. The molecule has 3 N–H and O–H groups in total. The molecule has 0 fully saturated rings. The fourth-order valence-electron chi connectivity index (χ4n) is 1.09. The molecule has 0 atom stereocenters. The molecule has 78 valence electrons. The average molecular weight is 187 g/mol. The molecule has 0 rings (SSSR count). The predicted molar refractivity (Wildman–Crippen MR) is 54.5 cm³/mol. The summed E-state index contributed by atoms with van der Waals surface area (Å²) in [6.07, 6.45) is 2.04. The number of nitrogens with two attached hydrogens (primary N) is 1. The van der Waals surface area contributed by atoms with Gasteiger partial charge in [-0.25, -0.2) is 0 Å². The second-order valence-corrected chi connectivity index (χ2v) is 3.28. The molecule has 0 aromatic carbocycles. The fraction of sp³-hybridized carbons (Fsp3) is 0.889. The quantitative estimate of drug-likeness (QED) is 0.542. The van der Waals surface area contributed by atoms with Crippen molar-refractivity contribution in [3.05, 3.63) is 0 Å². The van der Waals surface area contributed by atoms with E-state index in [4.69, 9.17) is 5.73 Å². The van der Waals surface area contributed by atoms with Crippen LogP contribution in [0.15, 0.2) is 0 Å². The maximum atomic E-state index is 10.5. The van der Waals surface area contributed by atoms with Gasteiger partial charge in [0.15, 0.2) is 0 Å². The Balaban J connectivity index is 3.16. The Labute approximate surface area is 80.5 Å². The smallest absolute Gasteiger partial charge is 0.216 e. The second kappa shape index (κ2) is 8.01. The molecule has 13 heavy (non-hydrogen) atoms. The van der Waals surface area contributed by atoms with Gasteiger partial charge in [-0.1, -0.05) is 0 Å². The Bertz CT molecular complexity index is 139. The van der Waals surface area contributed by atoms with E-state index in [0.29, 0.717) is 0 Å². The van der Waals surface area contributed by atoms with Gasteiger partial charge in [0, 0.05) is 13.5 Å². The van der Waals surface area contributed by atoms with E-state index in [9.17, 15) is 4.79 Å². The summed E-state index contributed by atoms with van der Waals surface area (Å²) < 4.78 is 0. The first kappa shape index (κ1) is 12.4. The second-order valence-electron chi connectivity index (χ2n) is 3.28. The third kappa shape index (κ3) is 9.30. The number of carbonyl (C=O) groups excluding carboxylic acids is 1. The molecule has 0 aromatic rings. The number of rotatable bonds is 7. The Kier molecular flexibility index (Phi) is 7.63. The molecule has 0 spiro atoms. The normalized spacial score (nSPS) is 10.5. The molecule has 0 aliphatic heterocycles. The average Bonchev–Trinajstić information content (AvgIpc) is 2.08. The first-order valence-corrected chi connectivity index (χ1v) is 4.80. The third-order valence-electron chi connectivity index (χ3n) is 1.83. The Morgan fingerprint density at radius 1 is 1.38 bits per heavy atom. The molecule has 1 amide bonds. The van der Waals surface area contributed by atoms with Gasteiger partial charge in [0.2, 0.25) is 5.91 Å². The number of hydrogen-bond acceptors (Lipinski definition) is 3. The van der Waals surface area contributed by atoms with Crippen LogP contribution in [0, 0.1) is 0 Å². The van der Waals surface area contributed by atoms with Crippen LogP contribution in [0.25, 0.3) is 0 Å². The van der Waals surface area contributed by atoms with Gasteiger partial charge in [0.05, 0.1) is 0 Å². The molecule has 0 aliphatic carbocycles. The van der Waals surface area contributed by atoms with Crippen molar-refractivity contribution >= 4 is 5.91 Å². The Morgan fingerprint density at radius 2 is 2.00 bits per heavy atom. The van der Waals surface area contributed by atoms with Gasteiger partial charge in [0.25, 0.3) is 0 Å². The maximum Gasteiger partial charge on any atom is 0.216 e. The van der Waals surface area contributed by atoms with Crippen LogP contribution in [-0.2, 0) is 4.79 Å². The monoisotopic (exact) mass is 187 g/mol. The maximum absolute atomic E-state index is 10.5. The summed E-state index contributed by atoms with van der Waals surface area (Å²) >= 11 is 0. The number of amides is 1. The number of nitrogens with zero attached hydrogens (tertiary/aromatic N) is 1. The van der Waals surface area contributed by atoms with Gasteiger partial charge in [-0.05, 0) is 39.5 Å². The lowest BCUT2D eigenvalue weighted by Gasteiger charge is -2.15. The van der Waals surface area contributed by atoms with Crippen LogP contribution in [-0.4, -0.2) is 44.0 Å². The summed E-state index contributed by atoms with van der Waals surface area (Å²) in [6, 6.07) is 0. The van der Waals surface area contributed by atoms with Crippen molar-refractivity contribution in [3.8, 4) is 0 Å². The van der Waals surface area contributed by atoms with Crippen molar-refractivity contribution in [3.63, 3.8) is 0 Å². The summed E-state index contributed by atoms with van der Waals surface area (Å²) in [7, 11) is 2.07. The third-order valence-corrected chi connectivity index (χ3v) is 1.83. The standard InChI is InChI=1S/C9H21N3O/c1-9(13)11-6-4-8-12(2)7-3-5-10/h3-8,10H2,1-2H3,(H,11,13). The van der Waals surface area contributed by atoms with E-state index in [2.05, 4.69) is 17.3 Å². The van der Waals surface area contributed by atoms with Gasteiger partial charge >= 0.3 is 0 Å². The van der Waals surface area contributed by atoms with Gasteiger partial charge in [-0.2, -0.15) is 0 Å². The molecular weight excluding hydrogens is 166 g/mol. The van der Waals surface area contributed by atoms with Crippen molar-refractivity contribution in [2.24, 2.45) is 5.73 Å². The highest BCUT2D eigenvalue weighted by Crippen LogP contribution is 1.88. The molecule has 0 radical (unpaired) electrons. The minimum atomic E-state index is 0.0459. The van der Waals surface area contributed by atoms with Crippen LogP contribution in [0.1, 0.15) is 19.8 Å². The van der Waals surface area contributed by atoms with E-state index in [1.165, 1.54) is 6.92 Å². The molecule has 0 unspecified atom stereocenters. The highest BCUT2D eigenvalue weighted by atomic mass is 16.1. The van der Waals surface area contributed by atoms with Crippen molar-refractivity contribution in [2.45, 2.75) is 19.8 Å². The van der Waals surface area contributed by atoms with Crippen LogP contribution >= 0.6 is 0 Å². The van der Waals surface area contributed by atoms with E-state index in [-0.39, 0.29) is 5.91 Å². The number of hydrogen-bond donors (Lipinski definition) is 2. The zero-order chi connectivity index (χ0) is 10.1. The van der Waals surface area contributed by atoms with Crippen molar-refractivity contribution in [2.75, 3.05) is 33.2 Å². The first-order chi connectivity index (χ1) is 6.16. The Morgan fingerprint density at radius 3 is 2.54 bits per heavy atom. The van der Waals surface area contributed by atoms with E-state index < -0.39 is 0 Å². The van der Waals surface area contributed by atoms with Crippen LogP contribution in [0.3, 0.4) is 0 Å². The molecule has 4 heteroatoms. The fourth-order valence-corrected chi connectivity index (χ4v) is 1.09. The summed E-state index contributed by atoms with van der Waals surface area (Å²) in [5, 5.41) is 2.77. The molecule has 0 aromatic heterocycles. The van der Waals surface area contributed by atoms with Crippen LogP contribution < -0.4 is 11.1 Å². The van der Waals surface area contributed by atoms with Gasteiger partial charge in [0.1, 0.15) is 0 Å². The number of nitrogens with one attached hydrogen (secondary N) is 1. The molecule has 0 saturated carbocycles. The molecule has 0 aliphatic rings. The highest BCUT2D eigenvalue weighted by Gasteiger charge is 1.97. The molecule has 4 nitrogen and oxygen atoms in total. The van der Waals surface area contributed by atoms with Crippen LogP contribution in [0.4, 0.5) is 0 Å². The zero-order valence-electron chi connectivity index (χ0n) is 8.68. The summed E-state index contributed by atoms with van der Waals surface area (Å²) in [5.74, 6) is 0.0459. The minimum absolute atomic E-state index is 0.0459. The van der Waals surface area contributed by atoms with E-state index in [1.54, 1.807) is 0 Å². The molecule has 0 saturated heterocycles. The summed E-state index contributed by atoms with van der Waals surface area (Å²) in [6.45, 7) is 5.10. The highest BCUT2D eigenvalue weighted by molar-refractivity contribution is 5.72. The van der Waals surface area contributed by atoms with E-state index in [1.807, 2.05) is 0 Å². The van der Waals surface area contributed by atoms with E-state index in [0.717, 1.165) is 39.0 Å². The molecule has 0 heterocycles. The van der Waals surface area contributed by atoms with Gasteiger partial charge in [-0.15, -0.1) is 0 Å². The molecular formula is C9H21N3O. The zero-order valence-corrected chi connectivity index (χ0v) is 8.68. The van der Waals surface area contributed by atoms with Crippen molar-refractivity contribution in [1.29, 1.82) is 0 Å². The summed E-state index contributed by atoms with van der Waals surface area (Å²) in [5.41, 5.74) is 5.39. The minimum Gasteiger partial charge on any atom is -0.356 e. The first-order valence-electron chi connectivity index (χ1n) is 4.80. The van der Waals surface area contributed by atoms with Gasteiger partial charge < -0.3 is 16.0 Å². The largest absolute Gasteiger partial charge is 0.356 e. The van der Waals surface area contributed by atoms with E-state index >= 15 is 0 Å². The molecule has 0 bridgehead atoms. The lowest BCUT2D eigenvalue weighted by Crippen LogP contribution is -2.27. The SMILES string of the molecule is CC(=O)NCCCN(C)CCCN. The topological polar surface area (TPSA) is 58.4 Å². The van der Waals surface area contributed by atoms with Crippen molar-refractivity contribution < 1.29 is 4.79 Å². The predicted octanol–water partition coefficient (Wildman–Crippen LogP) is -0.207.